The van der Waals surface area contributed by atoms with E-state index in [1.54, 1.807) is 11.8 Å². The van der Waals surface area contributed by atoms with Gasteiger partial charge in [0, 0.05) is 6.42 Å². The predicted octanol–water partition coefficient (Wildman–Crippen LogP) is 4.11. The van der Waals surface area contributed by atoms with Crippen molar-refractivity contribution >= 4 is 11.8 Å². The maximum Gasteiger partial charge on any atom is 0.119 e. The van der Waals surface area contributed by atoms with E-state index >= 15 is 0 Å². The summed E-state index contributed by atoms with van der Waals surface area (Å²) in [5.41, 5.74) is 1.27. The van der Waals surface area contributed by atoms with Crippen molar-refractivity contribution in [2.75, 3.05) is 13.1 Å². The van der Waals surface area contributed by atoms with Crippen LogP contribution in [0.2, 0.25) is 0 Å². The zero-order valence-electron chi connectivity index (χ0n) is 11.8. The minimum absolute atomic E-state index is 0.104. The smallest absolute Gasteiger partial charge is 0.119 e. The summed E-state index contributed by atoms with van der Waals surface area (Å²) in [6.45, 7) is 6.32. The lowest BCUT2D eigenvalue weighted by Crippen LogP contribution is -2.26. The van der Waals surface area contributed by atoms with Crippen molar-refractivity contribution in [1.29, 1.82) is 0 Å². The molecule has 1 aliphatic rings. The topological polar surface area (TPSA) is 21.3 Å². The fraction of sp³-hybridized carbons (Fsp3) is 0.500. The van der Waals surface area contributed by atoms with Gasteiger partial charge in [-0.05, 0) is 37.4 Å². The molecule has 0 aromatic heterocycles. The summed E-state index contributed by atoms with van der Waals surface area (Å²) in [6.07, 6.45) is 4.35. The van der Waals surface area contributed by atoms with Gasteiger partial charge in [-0.3, -0.25) is 0 Å². The van der Waals surface area contributed by atoms with Crippen LogP contribution in [0.4, 0.5) is 0 Å². The first-order chi connectivity index (χ1) is 9.23. The van der Waals surface area contributed by atoms with Gasteiger partial charge in [-0.1, -0.05) is 55.1 Å². The van der Waals surface area contributed by atoms with E-state index in [-0.39, 0.29) is 11.0 Å². The molecule has 0 saturated heterocycles. The van der Waals surface area contributed by atoms with E-state index < -0.39 is 0 Å². The van der Waals surface area contributed by atoms with Gasteiger partial charge in [0.05, 0.1) is 6.10 Å². The van der Waals surface area contributed by atoms with Crippen LogP contribution in [0.3, 0.4) is 0 Å². The molecule has 2 atom stereocenters. The quantitative estimate of drug-likeness (QED) is 0.758. The maximum absolute atomic E-state index is 6.39. The summed E-state index contributed by atoms with van der Waals surface area (Å²) in [6, 6.07) is 10.5. The number of rotatable bonds is 7. The minimum Gasteiger partial charge on any atom is -0.356 e. The lowest BCUT2D eigenvalue weighted by molar-refractivity contribution is -0.0266. The second-order valence-electron chi connectivity index (χ2n) is 4.99. The lowest BCUT2D eigenvalue weighted by Gasteiger charge is -2.30. The maximum atomic E-state index is 6.39. The summed E-state index contributed by atoms with van der Waals surface area (Å²) in [5, 5.41) is 5.53. The van der Waals surface area contributed by atoms with E-state index in [1.165, 1.54) is 5.56 Å². The Labute approximate surface area is 120 Å². The molecule has 1 aromatic carbocycles. The van der Waals surface area contributed by atoms with Crippen LogP contribution < -0.4 is 5.32 Å². The molecule has 0 spiro atoms. The molecule has 0 bridgehead atoms. The van der Waals surface area contributed by atoms with Crippen molar-refractivity contribution < 1.29 is 4.74 Å². The summed E-state index contributed by atoms with van der Waals surface area (Å²) >= 11 is 1.78. The Morgan fingerprint density at radius 2 is 2.16 bits per heavy atom. The Balaban J connectivity index is 2.01. The number of hydrogen-bond acceptors (Lipinski definition) is 3. The SMILES string of the molecule is CCNCCC(OC1(C)CC=CS1)c1ccccc1. The van der Waals surface area contributed by atoms with Crippen molar-refractivity contribution in [3.05, 3.63) is 47.4 Å². The molecule has 0 saturated carbocycles. The average Bonchev–Trinajstić information content (AvgIpc) is 2.86. The van der Waals surface area contributed by atoms with E-state index in [0.29, 0.717) is 0 Å². The van der Waals surface area contributed by atoms with E-state index in [2.05, 4.69) is 61.0 Å². The second-order valence-corrected chi connectivity index (χ2v) is 6.36. The Kier molecular flexibility index (Phi) is 5.49. The van der Waals surface area contributed by atoms with Gasteiger partial charge in [-0.25, -0.2) is 0 Å². The van der Waals surface area contributed by atoms with Crippen LogP contribution in [0.15, 0.2) is 41.8 Å². The van der Waals surface area contributed by atoms with E-state index in [4.69, 9.17) is 4.74 Å². The zero-order valence-corrected chi connectivity index (χ0v) is 12.6. The number of ether oxygens (including phenoxy) is 1. The molecule has 1 aliphatic heterocycles. The molecule has 3 heteroatoms. The first-order valence-corrected chi connectivity index (χ1v) is 7.88. The molecule has 1 aromatic rings. The van der Waals surface area contributed by atoms with Crippen molar-refractivity contribution in [2.45, 2.75) is 37.7 Å². The van der Waals surface area contributed by atoms with E-state index in [0.717, 1.165) is 25.9 Å². The Morgan fingerprint density at radius 3 is 2.79 bits per heavy atom. The molecule has 2 nitrogen and oxygen atoms in total. The molecule has 0 amide bonds. The number of nitrogens with one attached hydrogen (secondary N) is 1. The van der Waals surface area contributed by atoms with Crippen LogP contribution >= 0.6 is 11.8 Å². The molecule has 104 valence electrons. The van der Waals surface area contributed by atoms with Crippen LogP contribution in [0.25, 0.3) is 0 Å². The Morgan fingerprint density at radius 1 is 1.37 bits per heavy atom. The Hall–Kier alpha value is -0.770. The molecule has 2 unspecified atom stereocenters. The van der Waals surface area contributed by atoms with Crippen molar-refractivity contribution in [2.24, 2.45) is 0 Å². The number of hydrogen-bond donors (Lipinski definition) is 1. The molecule has 0 fully saturated rings. The molecular weight excluding hydrogens is 254 g/mol. The molecule has 0 radical (unpaired) electrons. The van der Waals surface area contributed by atoms with Gasteiger partial charge in [0.2, 0.25) is 0 Å². The third kappa shape index (κ3) is 4.37. The van der Waals surface area contributed by atoms with Crippen LogP contribution in [0.5, 0.6) is 0 Å². The van der Waals surface area contributed by atoms with Gasteiger partial charge in [-0.2, -0.15) is 0 Å². The summed E-state index contributed by atoms with van der Waals surface area (Å²) < 4.78 is 6.39. The molecule has 2 rings (SSSR count). The fourth-order valence-corrected chi connectivity index (χ4v) is 3.09. The van der Waals surface area contributed by atoms with Crippen LogP contribution in [-0.4, -0.2) is 18.0 Å². The largest absolute Gasteiger partial charge is 0.356 e. The standard InChI is InChI=1S/C16H23NOS/c1-3-17-12-10-15(14-8-5-4-6-9-14)18-16(2)11-7-13-19-16/h4-9,13,15,17H,3,10-12H2,1-2H3. The zero-order chi connectivity index (χ0) is 13.6. The highest BCUT2D eigenvalue weighted by molar-refractivity contribution is 8.03. The van der Waals surface area contributed by atoms with Gasteiger partial charge < -0.3 is 10.1 Å². The molecular formula is C16H23NOS. The van der Waals surface area contributed by atoms with Crippen LogP contribution in [0, 0.1) is 0 Å². The monoisotopic (exact) mass is 277 g/mol. The molecule has 19 heavy (non-hydrogen) atoms. The van der Waals surface area contributed by atoms with Crippen LogP contribution in [0.1, 0.15) is 38.4 Å². The van der Waals surface area contributed by atoms with Gasteiger partial charge >= 0.3 is 0 Å². The van der Waals surface area contributed by atoms with Crippen molar-refractivity contribution in [3.63, 3.8) is 0 Å². The van der Waals surface area contributed by atoms with Gasteiger partial charge in [0.1, 0.15) is 4.93 Å². The molecule has 1 N–H and O–H groups in total. The summed E-state index contributed by atoms with van der Waals surface area (Å²) in [4.78, 5) is -0.104. The third-order valence-corrected chi connectivity index (χ3v) is 4.39. The molecule has 1 heterocycles. The highest BCUT2D eigenvalue weighted by Crippen LogP contribution is 2.41. The van der Waals surface area contributed by atoms with Gasteiger partial charge in [0.25, 0.3) is 0 Å². The van der Waals surface area contributed by atoms with Crippen molar-refractivity contribution in [1.82, 2.24) is 5.32 Å². The third-order valence-electron chi connectivity index (χ3n) is 3.30. The predicted molar refractivity (Wildman–Crippen MR) is 83.2 cm³/mol. The summed E-state index contributed by atoms with van der Waals surface area (Å²) in [7, 11) is 0. The fourth-order valence-electron chi connectivity index (χ4n) is 2.25. The second kappa shape index (κ2) is 7.13. The molecule has 0 aliphatic carbocycles. The number of thioether (sulfide) groups is 1. The van der Waals surface area contributed by atoms with Crippen molar-refractivity contribution in [3.8, 4) is 0 Å². The van der Waals surface area contributed by atoms with Crippen LogP contribution in [-0.2, 0) is 4.74 Å². The normalized spacial score (nSPS) is 23.7. The first kappa shape index (κ1) is 14.6. The van der Waals surface area contributed by atoms with Gasteiger partial charge in [0.15, 0.2) is 0 Å². The lowest BCUT2D eigenvalue weighted by atomic mass is 10.1. The highest BCUT2D eigenvalue weighted by Gasteiger charge is 2.30. The summed E-state index contributed by atoms with van der Waals surface area (Å²) in [5.74, 6) is 0. The first-order valence-electron chi connectivity index (χ1n) is 7.00. The van der Waals surface area contributed by atoms with E-state index in [1.807, 2.05) is 0 Å². The van der Waals surface area contributed by atoms with E-state index in [9.17, 15) is 0 Å². The number of benzene rings is 1. The average molecular weight is 277 g/mol. The minimum atomic E-state index is -0.104. The highest BCUT2D eigenvalue weighted by atomic mass is 32.2. The Bertz CT molecular complexity index is 396. The van der Waals surface area contributed by atoms with Gasteiger partial charge in [-0.15, -0.1) is 0 Å².